The molecule has 0 saturated carbocycles. The number of aromatic nitrogens is 2. The third-order valence-electron chi connectivity index (χ3n) is 2.62. The molecule has 0 aliphatic rings. The molecule has 15 heavy (non-hydrogen) atoms. The summed E-state index contributed by atoms with van der Waals surface area (Å²) in [5, 5.41) is 8.19. The molecular formula is C11H15N3O. The van der Waals surface area contributed by atoms with Gasteiger partial charge in [0.25, 0.3) is 0 Å². The zero-order valence-electron chi connectivity index (χ0n) is 9.46. The van der Waals surface area contributed by atoms with Gasteiger partial charge in [-0.1, -0.05) is 13.8 Å². The molecule has 0 fully saturated rings. The molecular weight excluding hydrogens is 190 g/mol. The quantitative estimate of drug-likeness (QED) is 0.777. The van der Waals surface area contributed by atoms with Crippen LogP contribution in [0.2, 0.25) is 0 Å². The molecule has 2 aromatic heterocycles. The van der Waals surface area contributed by atoms with E-state index in [9.17, 15) is 0 Å². The molecule has 0 radical (unpaired) electrons. The van der Waals surface area contributed by atoms with Crippen LogP contribution in [0.3, 0.4) is 0 Å². The van der Waals surface area contributed by atoms with Crippen molar-refractivity contribution in [2.75, 3.05) is 5.73 Å². The van der Waals surface area contributed by atoms with E-state index in [0.29, 0.717) is 22.9 Å². The Labute approximate surface area is 88.5 Å². The van der Waals surface area contributed by atoms with E-state index in [0.717, 1.165) is 16.8 Å². The van der Waals surface area contributed by atoms with E-state index in [2.05, 4.69) is 24.0 Å². The lowest BCUT2D eigenvalue weighted by Gasteiger charge is -2.02. The van der Waals surface area contributed by atoms with Gasteiger partial charge in [-0.3, -0.25) is 0 Å². The van der Waals surface area contributed by atoms with Crippen molar-refractivity contribution in [3.8, 4) is 0 Å². The molecule has 2 N–H and O–H groups in total. The first-order valence-electron chi connectivity index (χ1n) is 5.04. The van der Waals surface area contributed by atoms with Crippen LogP contribution in [0, 0.1) is 13.8 Å². The lowest BCUT2D eigenvalue weighted by Crippen LogP contribution is -1.97. The molecule has 4 nitrogen and oxygen atoms in total. The monoisotopic (exact) mass is 205 g/mol. The molecule has 2 heterocycles. The fourth-order valence-corrected chi connectivity index (χ4v) is 1.85. The van der Waals surface area contributed by atoms with Crippen LogP contribution >= 0.6 is 0 Å². The molecule has 0 atom stereocenters. The number of nitrogens with zero attached hydrogens (tertiary/aromatic N) is 2. The molecule has 0 saturated heterocycles. The van der Waals surface area contributed by atoms with Gasteiger partial charge in [0.05, 0.1) is 5.69 Å². The minimum absolute atomic E-state index is 0.364. The number of hydrogen-bond donors (Lipinski definition) is 1. The highest BCUT2D eigenvalue weighted by Crippen LogP contribution is 2.32. The van der Waals surface area contributed by atoms with Gasteiger partial charge >= 0.3 is 0 Å². The Kier molecular flexibility index (Phi) is 2.14. The Morgan fingerprint density at radius 3 is 2.47 bits per heavy atom. The fourth-order valence-electron chi connectivity index (χ4n) is 1.85. The van der Waals surface area contributed by atoms with Crippen molar-refractivity contribution in [1.29, 1.82) is 0 Å². The number of nitrogen functional groups attached to an aromatic ring is 1. The van der Waals surface area contributed by atoms with Crippen LogP contribution in [0.4, 0.5) is 5.69 Å². The minimum atomic E-state index is 0.364. The molecule has 0 unspecified atom stereocenters. The van der Waals surface area contributed by atoms with Gasteiger partial charge in [0.15, 0.2) is 5.58 Å². The standard InChI is InChI=1S/C11H15N3O/c1-5(2)8-7(4)15-11-9(12)6(3)13-14-10(8)11/h5H,1-4H3,(H2,12,14). The first-order valence-corrected chi connectivity index (χ1v) is 5.04. The SMILES string of the molecule is Cc1nnc2c(C(C)C)c(C)oc2c1N. The molecule has 0 aromatic carbocycles. The predicted octanol–water partition coefficient (Wildman–Crippen LogP) is 2.55. The van der Waals surface area contributed by atoms with Gasteiger partial charge in [-0.25, -0.2) is 0 Å². The number of rotatable bonds is 1. The van der Waals surface area contributed by atoms with E-state index in [1.807, 2.05) is 13.8 Å². The van der Waals surface area contributed by atoms with E-state index in [1.165, 1.54) is 0 Å². The van der Waals surface area contributed by atoms with Gasteiger partial charge in [0.2, 0.25) is 0 Å². The number of anilines is 1. The second-order valence-electron chi connectivity index (χ2n) is 4.10. The Morgan fingerprint density at radius 2 is 1.87 bits per heavy atom. The molecule has 0 aliphatic heterocycles. The van der Waals surface area contributed by atoms with Gasteiger partial charge in [-0.15, -0.1) is 5.10 Å². The third-order valence-corrected chi connectivity index (χ3v) is 2.62. The number of hydrogen-bond acceptors (Lipinski definition) is 4. The van der Waals surface area contributed by atoms with E-state index in [1.54, 1.807) is 0 Å². The summed E-state index contributed by atoms with van der Waals surface area (Å²) in [5.74, 6) is 1.24. The molecule has 2 rings (SSSR count). The van der Waals surface area contributed by atoms with Gasteiger partial charge in [0, 0.05) is 5.56 Å². The number of furan rings is 1. The van der Waals surface area contributed by atoms with E-state index in [-0.39, 0.29) is 0 Å². The Hall–Kier alpha value is -1.58. The summed E-state index contributed by atoms with van der Waals surface area (Å²) in [6.45, 7) is 7.98. The van der Waals surface area contributed by atoms with Crippen molar-refractivity contribution >= 4 is 16.8 Å². The van der Waals surface area contributed by atoms with Crippen LogP contribution in [0.15, 0.2) is 4.42 Å². The first kappa shape index (κ1) is 9.96. The predicted molar refractivity (Wildman–Crippen MR) is 59.8 cm³/mol. The summed E-state index contributed by atoms with van der Waals surface area (Å²) >= 11 is 0. The maximum absolute atomic E-state index is 5.90. The molecule has 2 aromatic rings. The smallest absolute Gasteiger partial charge is 0.179 e. The molecule has 0 amide bonds. The van der Waals surface area contributed by atoms with Crippen molar-refractivity contribution in [3.63, 3.8) is 0 Å². The Balaban J connectivity index is 2.85. The van der Waals surface area contributed by atoms with Crippen LogP contribution in [-0.4, -0.2) is 10.2 Å². The molecule has 80 valence electrons. The maximum atomic E-state index is 5.90. The van der Waals surface area contributed by atoms with Crippen LogP contribution in [0.25, 0.3) is 11.1 Å². The second-order valence-corrected chi connectivity index (χ2v) is 4.10. The molecule has 0 aliphatic carbocycles. The first-order chi connectivity index (χ1) is 7.02. The fraction of sp³-hybridized carbons (Fsp3) is 0.455. The zero-order valence-corrected chi connectivity index (χ0v) is 9.46. The van der Waals surface area contributed by atoms with Crippen molar-refractivity contribution in [3.05, 3.63) is 17.0 Å². The molecule has 0 spiro atoms. The van der Waals surface area contributed by atoms with E-state index in [4.69, 9.17) is 10.2 Å². The highest BCUT2D eigenvalue weighted by molar-refractivity contribution is 5.88. The van der Waals surface area contributed by atoms with Gasteiger partial charge < -0.3 is 10.2 Å². The van der Waals surface area contributed by atoms with Crippen LogP contribution < -0.4 is 5.73 Å². The van der Waals surface area contributed by atoms with Crippen molar-refractivity contribution < 1.29 is 4.42 Å². The lowest BCUT2D eigenvalue weighted by atomic mass is 10.0. The van der Waals surface area contributed by atoms with Crippen molar-refractivity contribution in [1.82, 2.24) is 10.2 Å². The summed E-state index contributed by atoms with van der Waals surface area (Å²) in [6.07, 6.45) is 0. The van der Waals surface area contributed by atoms with Crippen molar-refractivity contribution in [2.24, 2.45) is 0 Å². The highest BCUT2D eigenvalue weighted by atomic mass is 16.3. The Morgan fingerprint density at radius 1 is 1.20 bits per heavy atom. The lowest BCUT2D eigenvalue weighted by molar-refractivity contribution is 0.568. The van der Waals surface area contributed by atoms with Gasteiger partial charge in [-0.05, 0) is 19.8 Å². The summed E-state index contributed by atoms with van der Waals surface area (Å²) in [4.78, 5) is 0. The van der Waals surface area contributed by atoms with Crippen molar-refractivity contribution in [2.45, 2.75) is 33.6 Å². The topological polar surface area (TPSA) is 64.9 Å². The average Bonchev–Trinajstić information content (AvgIpc) is 2.49. The number of nitrogens with two attached hydrogens (primary N) is 1. The normalized spacial score (nSPS) is 11.5. The summed E-state index contributed by atoms with van der Waals surface area (Å²) in [5.41, 5.74) is 9.78. The second kappa shape index (κ2) is 3.22. The zero-order chi connectivity index (χ0) is 11.2. The van der Waals surface area contributed by atoms with Crippen LogP contribution in [0.5, 0.6) is 0 Å². The Bertz CT molecular complexity index is 514. The molecule has 4 heteroatoms. The van der Waals surface area contributed by atoms with E-state index < -0.39 is 0 Å². The van der Waals surface area contributed by atoms with E-state index >= 15 is 0 Å². The number of fused-ring (bicyclic) bond motifs is 1. The van der Waals surface area contributed by atoms with Crippen LogP contribution in [0.1, 0.15) is 36.8 Å². The summed E-state index contributed by atoms with van der Waals surface area (Å²) in [6, 6.07) is 0. The number of aryl methyl sites for hydroxylation is 2. The summed E-state index contributed by atoms with van der Waals surface area (Å²) in [7, 11) is 0. The van der Waals surface area contributed by atoms with Gasteiger partial charge in [0.1, 0.15) is 17.0 Å². The highest BCUT2D eigenvalue weighted by Gasteiger charge is 2.18. The largest absolute Gasteiger partial charge is 0.457 e. The molecule has 0 bridgehead atoms. The van der Waals surface area contributed by atoms with Gasteiger partial charge in [-0.2, -0.15) is 5.10 Å². The minimum Gasteiger partial charge on any atom is -0.457 e. The third kappa shape index (κ3) is 1.37. The average molecular weight is 205 g/mol. The van der Waals surface area contributed by atoms with Crippen LogP contribution in [-0.2, 0) is 0 Å². The maximum Gasteiger partial charge on any atom is 0.179 e. The summed E-state index contributed by atoms with van der Waals surface area (Å²) < 4.78 is 5.64.